The average molecular weight is 306 g/mol. The van der Waals surface area contributed by atoms with Crippen LogP contribution in [0.4, 0.5) is 0 Å². The highest BCUT2D eigenvalue weighted by atomic mass is 16.2. The second kappa shape index (κ2) is 7.03. The van der Waals surface area contributed by atoms with Gasteiger partial charge in [0.1, 0.15) is 6.07 Å². The van der Waals surface area contributed by atoms with Gasteiger partial charge in [-0.15, -0.1) is 0 Å². The number of benzene rings is 1. The van der Waals surface area contributed by atoms with Crippen LogP contribution in [0.1, 0.15) is 24.0 Å². The molecular weight excluding hydrogens is 288 g/mol. The van der Waals surface area contributed by atoms with E-state index in [0.29, 0.717) is 12.1 Å². The fourth-order valence-electron chi connectivity index (χ4n) is 2.72. The number of amides is 1. The van der Waals surface area contributed by atoms with Gasteiger partial charge in [0.05, 0.1) is 17.3 Å². The van der Waals surface area contributed by atoms with E-state index in [0.717, 1.165) is 36.2 Å². The van der Waals surface area contributed by atoms with Crippen LogP contribution in [-0.2, 0) is 11.3 Å². The zero-order valence-corrected chi connectivity index (χ0v) is 12.7. The van der Waals surface area contributed by atoms with Crippen LogP contribution in [0.2, 0.25) is 0 Å². The standard InChI is InChI=1S/C18H18N4O/c19-10-15-12-21-17(13-5-2-1-3-6-13)9-14(15)11-22-18(23)16-7-4-8-20-16/h1-3,5-6,9,12,16,20H,4,7-8,11H2,(H,22,23)/t16-/m0/s1. The summed E-state index contributed by atoms with van der Waals surface area (Å²) in [5.41, 5.74) is 3.06. The first kappa shape index (κ1) is 15.2. The lowest BCUT2D eigenvalue weighted by molar-refractivity contribution is -0.122. The molecule has 2 aromatic rings. The third kappa shape index (κ3) is 3.55. The van der Waals surface area contributed by atoms with Crippen molar-refractivity contribution in [3.8, 4) is 17.3 Å². The van der Waals surface area contributed by atoms with E-state index in [2.05, 4.69) is 21.7 Å². The van der Waals surface area contributed by atoms with Crippen molar-refractivity contribution < 1.29 is 4.79 Å². The molecule has 0 saturated carbocycles. The van der Waals surface area contributed by atoms with Crippen LogP contribution in [0.15, 0.2) is 42.6 Å². The Hall–Kier alpha value is -2.71. The number of nitrogens with one attached hydrogen (secondary N) is 2. The molecule has 116 valence electrons. The van der Waals surface area contributed by atoms with Crippen molar-refractivity contribution in [2.24, 2.45) is 0 Å². The van der Waals surface area contributed by atoms with Crippen molar-refractivity contribution in [3.63, 3.8) is 0 Å². The summed E-state index contributed by atoms with van der Waals surface area (Å²) < 4.78 is 0. The third-order valence-electron chi connectivity index (χ3n) is 4.01. The normalized spacial score (nSPS) is 16.7. The summed E-state index contributed by atoms with van der Waals surface area (Å²) in [6, 6.07) is 13.7. The molecule has 0 radical (unpaired) electrons. The summed E-state index contributed by atoms with van der Waals surface area (Å²) in [4.78, 5) is 16.4. The van der Waals surface area contributed by atoms with Crippen LogP contribution >= 0.6 is 0 Å². The monoisotopic (exact) mass is 306 g/mol. The highest BCUT2D eigenvalue weighted by Crippen LogP contribution is 2.19. The van der Waals surface area contributed by atoms with Crippen LogP contribution < -0.4 is 10.6 Å². The Kier molecular flexibility index (Phi) is 4.65. The molecule has 1 amide bonds. The molecule has 1 aliphatic rings. The van der Waals surface area contributed by atoms with Crippen LogP contribution in [0, 0.1) is 11.3 Å². The zero-order chi connectivity index (χ0) is 16.1. The molecule has 1 aliphatic heterocycles. The van der Waals surface area contributed by atoms with Gasteiger partial charge in [0.25, 0.3) is 0 Å². The number of nitriles is 1. The molecule has 1 fully saturated rings. The van der Waals surface area contributed by atoms with Gasteiger partial charge in [0.2, 0.25) is 5.91 Å². The molecule has 2 N–H and O–H groups in total. The lowest BCUT2D eigenvalue weighted by Gasteiger charge is -2.12. The average Bonchev–Trinajstić information content (AvgIpc) is 3.15. The maximum Gasteiger partial charge on any atom is 0.237 e. The molecule has 0 aliphatic carbocycles. The predicted octanol–water partition coefficient (Wildman–Crippen LogP) is 1.99. The van der Waals surface area contributed by atoms with E-state index in [1.54, 1.807) is 6.20 Å². The number of hydrogen-bond donors (Lipinski definition) is 2. The van der Waals surface area contributed by atoms with Crippen molar-refractivity contribution >= 4 is 5.91 Å². The Balaban J connectivity index is 1.77. The summed E-state index contributed by atoms with van der Waals surface area (Å²) >= 11 is 0. The summed E-state index contributed by atoms with van der Waals surface area (Å²) in [5, 5.41) is 15.3. The summed E-state index contributed by atoms with van der Waals surface area (Å²) in [7, 11) is 0. The predicted molar refractivity (Wildman–Crippen MR) is 87.3 cm³/mol. The second-order valence-electron chi connectivity index (χ2n) is 5.57. The Labute approximate surface area is 135 Å². The quantitative estimate of drug-likeness (QED) is 0.905. The number of pyridine rings is 1. The summed E-state index contributed by atoms with van der Waals surface area (Å²) in [6.45, 7) is 1.22. The smallest absolute Gasteiger partial charge is 0.237 e. The Morgan fingerprint density at radius 1 is 1.39 bits per heavy atom. The molecule has 5 nitrogen and oxygen atoms in total. The van der Waals surface area contributed by atoms with Gasteiger partial charge in [-0.3, -0.25) is 9.78 Å². The van der Waals surface area contributed by atoms with Crippen molar-refractivity contribution in [3.05, 3.63) is 53.7 Å². The Bertz CT molecular complexity index is 730. The van der Waals surface area contributed by atoms with Crippen LogP contribution in [0.25, 0.3) is 11.3 Å². The molecule has 2 heterocycles. The van der Waals surface area contributed by atoms with E-state index < -0.39 is 0 Å². The zero-order valence-electron chi connectivity index (χ0n) is 12.7. The maximum absolute atomic E-state index is 12.1. The van der Waals surface area contributed by atoms with Gasteiger partial charge >= 0.3 is 0 Å². The fourth-order valence-corrected chi connectivity index (χ4v) is 2.72. The molecule has 1 aromatic carbocycles. The lowest BCUT2D eigenvalue weighted by atomic mass is 10.1. The molecule has 0 spiro atoms. The summed E-state index contributed by atoms with van der Waals surface area (Å²) in [6.07, 6.45) is 3.45. The molecule has 5 heteroatoms. The topological polar surface area (TPSA) is 77.8 Å². The molecule has 0 bridgehead atoms. The Morgan fingerprint density at radius 2 is 2.22 bits per heavy atom. The number of aromatic nitrogens is 1. The van der Waals surface area contributed by atoms with Crippen molar-refractivity contribution in [2.45, 2.75) is 25.4 Å². The van der Waals surface area contributed by atoms with Crippen LogP contribution in [0.5, 0.6) is 0 Å². The van der Waals surface area contributed by atoms with Crippen molar-refractivity contribution in [1.29, 1.82) is 5.26 Å². The number of rotatable bonds is 4. The SMILES string of the molecule is N#Cc1cnc(-c2ccccc2)cc1CNC(=O)[C@@H]1CCCN1. The molecule has 23 heavy (non-hydrogen) atoms. The molecule has 3 rings (SSSR count). The highest BCUT2D eigenvalue weighted by Gasteiger charge is 2.21. The fraction of sp³-hybridized carbons (Fsp3) is 0.278. The van der Waals surface area contributed by atoms with Crippen LogP contribution in [0.3, 0.4) is 0 Å². The number of nitrogens with zero attached hydrogens (tertiary/aromatic N) is 2. The first-order chi connectivity index (χ1) is 11.3. The van der Waals surface area contributed by atoms with Gasteiger partial charge < -0.3 is 10.6 Å². The second-order valence-corrected chi connectivity index (χ2v) is 5.57. The number of carbonyl (C=O) groups is 1. The van der Waals surface area contributed by atoms with Gasteiger partial charge in [0.15, 0.2) is 0 Å². The molecular formula is C18H18N4O. The van der Waals surface area contributed by atoms with Gasteiger partial charge in [-0.2, -0.15) is 5.26 Å². The highest BCUT2D eigenvalue weighted by molar-refractivity contribution is 5.82. The van der Waals surface area contributed by atoms with Crippen molar-refractivity contribution in [1.82, 2.24) is 15.6 Å². The molecule has 0 unspecified atom stereocenters. The van der Waals surface area contributed by atoms with E-state index in [1.165, 1.54) is 0 Å². The van der Waals surface area contributed by atoms with Gasteiger partial charge in [-0.1, -0.05) is 30.3 Å². The van der Waals surface area contributed by atoms with Crippen LogP contribution in [-0.4, -0.2) is 23.5 Å². The van der Waals surface area contributed by atoms with Gasteiger partial charge in [-0.25, -0.2) is 0 Å². The summed E-state index contributed by atoms with van der Waals surface area (Å²) in [5.74, 6) is -0.00976. The molecule has 1 saturated heterocycles. The Morgan fingerprint density at radius 3 is 2.91 bits per heavy atom. The minimum absolute atomic E-state index is 0.00976. The van der Waals surface area contributed by atoms with E-state index in [-0.39, 0.29) is 11.9 Å². The first-order valence-electron chi connectivity index (χ1n) is 7.73. The lowest BCUT2D eigenvalue weighted by Crippen LogP contribution is -2.40. The van der Waals surface area contributed by atoms with Gasteiger partial charge in [-0.05, 0) is 31.0 Å². The van der Waals surface area contributed by atoms with E-state index in [1.807, 2.05) is 36.4 Å². The number of carbonyl (C=O) groups excluding carboxylic acids is 1. The van der Waals surface area contributed by atoms with Gasteiger partial charge in [0, 0.05) is 18.3 Å². The maximum atomic E-state index is 12.1. The number of hydrogen-bond acceptors (Lipinski definition) is 4. The van der Waals surface area contributed by atoms with E-state index >= 15 is 0 Å². The minimum Gasteiger partial charge on any atom is -0.351 e. The largest absolute Gasteiger partial charge is 0.351 e. The minimum atomic E-state index is -0.115. The van der Waals surface area contributed by atoms with Crippen molar-refractivity contribution in [2.75, 3.05) is 6.54 Å². The molecule has 1 aromatic heterocycles. The third-order valence-corrected chi connectivity index (χ3v) is 4.01. The van der Waals surface area contributed by atoms with E-state index in [9.17, 15) is 10.1 Å². The molecule has 1 atom stereocenters. The first-order valence-corrected chi connectivity index (χ1v) is 7.73. The van der Waals surface area contributed by atoms with E-state index in [4.69, 9.17) is 0 Å².